The first-order valence-electron chi connectivity index (χ1n) is 12.1. The summed E-state index contributed by atoms with van der Waals surface area (Å²) in [5, 5.41) is 8.32. The summed E-state index contributed by atoms with van der Waals surface area (Å²) in [7, 11) is 0. The molecule has 6 aromatic rings. The molecular weight excluding hydrogens is 398 g/mol. The Morgan fingerprint density at radius 1 is 0.606 bits per heavy atom. The SMILES string of the molecule is Cc1cc(C)c2c(c1)[nH]c1ccccc12.c1ccc2c(c1)ccc1c3c(ccc12)CCCC3. The van der Waals surface area contributed by atoms with Crippen LogP contribution in [0.15, 0.2) is 84.9 Å². The average Bonchev–Trinajstić information content (AvgIpc) is 3.22. The summed E-state index contributed by atoms with van der Waals surface area (Å²) in [6.07, 6.45) is 5.22. The van der Waals surface area contributed by atoms with E-state index in [9.17, 15) is 0 Å². The Bertz CT molecular complexity index is 1630. The number of fused-ring (bicyclic) bond motifs is 8. The van der Waals surface area contributed by atoms with Gasteiger partial charge in [-0.05, 0) is 95.5 Å². The summed E-state index contributed by atoms with van der Waals surface area (Å²) >= 11 is 0. The van der Waals surface area contributed by atoms with Crippen LogP contribution in [0.1, 0.15) is 35.1 Å². The Morgan fingerprint density at radius 2 is 1.36 bits per heavy atom. The second-order valence-corrected chi connectivity index (χ2v) is 9.47. The third-order valence-corrected chi connectivity index (χ3v) is 7.20. The van der Waals surface area contributed by atoms with Gasteiger partial charge in [-0.3, -0.25) is 0 Å². The van der Waals surface area contributed by atoms with E-state index in [0.717, 1.165) is 0 Å². The van der Waals surface area contributed by atoms with Crippen LogP contribution in [0.5, 0.6) is 0 Å². The third kappa shape index (κ3) is 3.49. The molecule has 0 unspecified atom stereocenters. The maximum atomic E-state index is 3.46. The second kappa shape index (κ2) is 8.08. The van der Waals surface area contributed by atoms with E-state index in [0.29, 0.717) is 0 Å². The van der Waals surface area contributed by atoms with Crippen LogP contribution in [0.25, 0.3) is 43.4 Å². The van der Waals surface area contributed by atoms with Crippen molar-refractivity contribution in [3.05, 3.63) is 107 Å². The minimum absolute atomic E-state index is 1.22. The van der Waals surface area contributed by atoms with Gasteiger partial charge in [-0.15, -0.1) is 0 Å². The second-order valence-electron chi connectivity index (χ2n) is 9.47. The number of para-hydroxylation sites is 1. The van der Waals surface area contributed by atoms with Gasteiger partial charge in [0.05, 0.1) is 0 Å². The highest BCUT2D eigenvalue weighted by Gasteiger charge is 2.13. The van der Waals surface area contributed by atoms with Crippen molar-refractivity contribution in [1.82, 2.24) is 4.98 Å². The average molecular weight is 428 g/mol. The minimum Gasteiger partial charge on any atom is -0.354 e. The fourth-order valence-electron chi connectivity index (χ4n) is 5.72. The van der Waals surface area contributed by atoms with Gasteiger partial charge in [0.15, 0.2) is 0 Å². The number of benzene rings is 5. The molecule has 0 saturated carbocycles. The Kier molecular flexibility index (Phi) is 4.91. The summed E-state index contributed by atoms with van der Waals surface area (Å²) < 4.78 is 0. The lowest BCUT2D eigenvalue weighted by Gasteiger charge is -2.18. The smallest absolute Gasteiger partial charge is 0.0470 e. The van der Waals surface area contributed by atoms with E-state index in [1.165, 1.54) is 80.2 Å². The number of H-pyrrole nitrogens is 1. The Labute approximate surface area is 195 Å². The van der Waals surface area contributed by atoms with Crippen molar-refractivity contribution < 1.29 is 0 Å². The highest BCUT2D eigenvalue weighted by molar-refractivity contribution is 6.09. The van der Waals surface area contributed by atoms with Gasteiger partial charge in [-0.2, -0.15) is 0 Å². The van der Waals surface area contributed by atoms with Gasteiger partial charge in [-0.25, -0.2) is 0 Å². The molecule has 162 valence electrons. The third-order valence-electron chi connectivity index (χ3n) is 7.20. The zero-order valence-corrected chi connectivity index (χ0v) is 19.4. The van der Waals surface area contributed by atoms with Crippen LogP contribution < -0.4 is 0 Å². The maximum absolute atomic E-state index is 3.46. The molecule has 0 aliphatic heterocycles. The van der Waals surface area contributed by atoms with Crippen LogP contribution in [0.2, 0.25) is 0 Å². The lowest BCUT2D eigenvalue weighted by molar-refractivity contribution is 0.690. The first kappa shape index (κ1) is 20.1. The van der Waals surface area contributed by atoms with Crippen molar-refractivity contribution in [2.24, 2.45) is 0 Å². The fourth-order valence-corrected chi connectivity index (χ4v) is 5.72. The largest absolute Gasteiger partial charge is 0.354 e. The van der Waals surface area contributed by atoms with E-state index >= 15 is 0 Å². The van der Waals surface area contributed by atoms with Gasteiger partial charge in [0.2, 0.25) is 0 Å². The molecule has 1 nitrogen and oxygen atoms in total. The van der Waals surface area contributed by atoms with E-state index in [4.69, 9.17) is 0 Å². The Balaban J connectivity index is 0.000000127. The molecule has 1 aliphatic rings. The molecule has 1 N–H and O–H groups in total. The van der Waals surface area contributed by atoms with E-state index in [1.54, 1.807) is 11.1 Å². The summed E-state index contributed by atoms with van der Waals surface area (Å²) in [6, 6.07) is 30.9. The van der Waals surface area contributed by atoms with Gasteiger partial charge in [0, 0.05) is 21.8 Å². The number of nitrogens with one attached hydrogen (secondary N) is 1. The molecular formula is C32H29N. The summed E-state index contributed by atoms with van der Waals surface area (Å²) in [4.78, 5) is 3.46. The monoisotopic (exact) mass is 427 g/mol. The number of aromatic amines is 1. The van der Waals surface area contributed by atoms with Crippen LogP contribution in [-0.2, 0) is 12.8 Å². The van der Waals surface area contributed by atoms with Crippen molar-refractivity contribution in [3.63, 3.8) is 0 Å². The molecule has 0 amide bonds. The number of hydrogen-bond acceptors (Lipinski definition) is 0. The van der Waals surface area contributed by atoms with Crippen molar-refractivity contribution in [2.75, 3.05) is 0 Å². The summed E-state index contributed by atoms with van der Waals surface area (Å²) in [5.41, 5.74) is 8.30. The molecule has 0 bridgehead atoms. The lowest BCUT2D eigenvalue weighted by Crippen LogP contribution is -2.02. The van der Waals surface area contributed by atoms with Crippen molar-refractivity contribution in [2.45, 2.75) is 39.5 Å². The van der Waals surface area contributed by atoms with Crippen LogP contribution >= 0.6 is 0 Å². The predicted molar refractivity (Wildman–Crippen MR) is 143 cm³/mol. The number of hydrogen-bond donors (Lipinski definition) is 1. The molecule has 1 aliphatic carbocycles. The van der Waals surface area contributed by atoms with E-state index in [2.05, 4.69) is 104 Å². The maximum Gasteiger partial charge on any atom is 0.0470 e. The Morgan fingerprint density at radius 3 is 2.27 bits per heavy atom. The molecule has 0 atom stereocenters. The zero-order chi connectivity index (χ0) is 22.4. The van der Waals surface area contributed by atoms with Crippen LogP contribution in [0.4, 0.5) is 0 Å². The normalized spacial score (nSPS) is 13.3. The standard InChI is InChI=1S/C18H16.C14H13N/c1-3-7-15-13(5-1)9-11-18-16-8-4-2-6-14(16)10-12-17(15)18;1-9-7-10(2)14-11-5-3-4-6-12(11)15-13(14)8-9/h1,3,5,7,9-12H,2,4,6,8H2;3-8,15H,1-2H3. The van der Waals surface area contributed by atoms with Crippen molar-refractivity contribution in [3.8, 4) is 0 Å². The van der Waals surface area contributed by atoms with Crippen LogP contribution in [0, 0.1) is 13.8 Å². The molecule has 7 rings (SSSR count). The predicted octanol–water partition coefficient (Wildman–Crippen LogP) is 8.81. The molecule has 0 radical (unpaired) electrons. The molecule has 0 fully saturated rings. The highest BCUT2D eigenvalue weighted by Crippen LogP contribution is 2.33. The summed E-state index contributed by atoms with van der Waals surface area (Å²) in [6.45, 7) is 4.31. The number of rotatable bonds is 0. The molecule has 1 aromatic heterocycles. The van der Waals surface area contributed by atoms with Crippen LogP contribution in [0.3, 0.4) is 0 Å². The molecule has 33 heavy (non-hydrogen) atoms. The molecule has 5 aromatic carbocycles. The molecule has 0 saturated heterocycles. The fraction of sp³-hybridized carbons (Fsp3) is 0.188. The number of aryl methyl sites for hydroxylation is 4. The van der Waals surface area contributed by atoms with Crippen molar-refractivity contribution >= 4 is 43.4 Å². The molecule has 0 spiro atoms. The Hall–Kier alpha value is -3.58. The number of aromatic nitrogens is 1. The minimum atomic E-state index is 1.22. The van der Waals surface area contributed by atoms with Crippen LogP contribution in [-0.4, -0.2) is 4.98 Å². The van der Waals surface area contributed by atoms with Crippen molar-refractivity contribution in [1.29, 1.82) is 0 Å². The first-order valence-corrected chi connectivity index (χ1v) is 12.1. The van der Waals surface area contributed by atoms with Gasteiger partial charge in [0.1, 0.15) is 0 Å². The van der Waals surface area contributed by atoms with E-state index in [1.807, 2.05) is 0 Å². The molecule has 1 heterocycles. The molecule has 1 heteroatoms. The lowest BCUT2D eigenvalue weighted by atomic mass is 9.86. The first-order chi connectivity index (χ1) is 16.2. The van der Waals surface area contributed by atoms with Gasteiger partial charge in [-0.1, -0.05) is 72.8 Å². The van der Waals surface area contributed by atoms with Gasteiger partial charge in [0.25, 0.3) is 0 Å². The van der Waals surface area contributed by atoms with E-state index < -0.39 is 0 Å². The van der Waals surface area contributed by atoms with Gasteiger partial charge >= 0.3 is 0 Å². The summed E-state index contributed by atoms with van der Waals surface area (Å²) in [5.74, 6) is 0. The van der Waals surface area contributed by atoms with Gasteiger partial charge < -0.3 is 4.98 Å². The van der Waals surface area contributed by atoms with E-state index in [-0.39, 0.29) is 0 Å². The topological polar surface area (TPSA) is 15.8 Å². The zero-order valence-electron chi connectivity index (χ0n) is 19.4. The quantitative estimate of drug-likeness (QED) is 0.233. The highest BCUT2D eigenvalue weighted by atomic mass is 14.7.